The highest BCUT2D eigenvalue weighted by molar-refractivity contribution is 7.07. The van der Waals surface area contributed by atoms with Gasteiger partial charge in [0.2, 0.25) is 0 Å². The predicted octanol–water partition coefficient (Wildman–Crippen LogP) is 4.16. The minimum absolute atomic E-state index is 0.105. The van der Waals surface area contributed by atoms with Crippen molar-refractivity contribution < 1.29 is 23.7 Å². The summed E-state index contributed by atoms with van der Waals surface area (Å²) < 4.78 is 24.6. The minimum atomic E-state index is -0.762. The van der Waals surface area contributed by atoms with E-state index in [9.17, 15) is 9.59 Å². The highest BCUT2D eigenvalue weighted by Gasteiger charge is 2.35. The average Bonchev–Trinajstić information content (AvgIpc) is 3.21. The summed E-state index contributed by atoms with van der Waals surface area (Å²) in [6, 6.07) is 12.1. The highest BCUT2D eigenvalue weighted by atomic mass is 32.1. The molecule has 1 atom stereocenters. The number of allylic oxidation sites excluding steroid dienone is 1. The summed E-state index contributed by atoms with van der Waals surface area (Å²) in [5.41, 5.74) is 1.96. The first-order chi connectivity index (χ1) is 18.8. The number of benzene rings is 2. The number of rotatable bonds is 10. The molecule has 39 heavy (non-hydrogen) atoms. The van der Waals surface area contributed by atoms with E-state index in [2.05, 4.69) is 11.6 Å². The summed E-state index contributed by atoms with van der Waals surface area (Å²) in [6.07, 6.45) is 3.33. The van der Waals surface area contributed by atoms with E-state index < -0.39 is 12.0 Å². The molecule has 0 radical (unpaired) electrons. The monoisotopic (exact) mass is 548 g/mol. The van der Waals surface area contributed by atoms with Crippen molar-refractivity contribution >= 4 is 23.4 Å². The second-order valence-electron chi connectivity index (χ2n) is 9.02. The molecule has 0 saturated heterocycles. The molecule has 4 rings (SSSR count). The van der Waals surface area contributed by atoms with Gasteiger partial charge in [0.05, 0.1) is 35.6 Å². The number of para-hydroxylation sites is 1. The number of methoxy groups -OCH3 is 1. The van der Waals surface area contributed by atoms with E-state index >= 15 is 0 Å². The Morgan fingerprint density at radius 3 is 2.64 bits per heavy atom. The van der Waals surface area contributed by atoms with Crippen LogP contribution in [-0.2, 0) is 9.53 Å². The number of hydrogen-bond donors (Lipinski definition) is 0. The van der Waals surface area contributed by atoms with E-state index in [4.69, 9.17) is 18.9 Å². The largest absolute Gasteiger partial charge is 0.493 e. The maximum absolute atomic E-state index is 13.9. The van der Waals surface area contributed by atoms with Crippen LogP contribution in [0, 0.1) is 0 Å². The van der Waals surface area contributed by atoms with Crippen LogP contribution in [0.4, 0.5) is 0 Å². The average molecular weight is 549 g/mol. The molecule has 0 spiro atoms. The van der Waals surface area contributed by atoms with Gasteiger partial charge in [-0.05, 0) is 57.5 Å². The minimum Gasteiger partial charge on any atom is -0.493 e. The maximum atomic E-state index is 13.9. The molecule has 0 saturated carbocycles. The molecular formula is C30H32N2O6S. The fourth-order valence-electron chi connectivity index (χ4n) is 4.35. The summed E-state index contributed by atoms with van der Waals surface area (Å²) in [5.74, 6) is 1.18. The molecule has 9 heteroatoms. The fourth-order valence-corrected chi connectivity index (χ4v) is 5.39. The molecule has 204 valence electrons. The Morgan fingerprint density at radius 1 is 1.18 bits per heavy atom. The highest BCUT2D eigenvalue weighted by Crippen LogP contribution is 2.36. The zero-order chi connectivity index (χ0) is 28.1. The Hall–Kier alpha value is -4.11. The van der Waals surface area contributed by atoms with Crippen LogP contribution in [-0.4, -0.2) is 37.0 Å². The standard InChI is InChI=1S/C30H32N2O6S/c1-7-15-37-23-14-13-20(16-24(23)35-6)17-25-28(33)32-27(21-11-9-10-12-22(21)38-18(3)4)26(29(34)36-8-2)19(5)31-30(32)39-25/h7,9-14,16-18,27H,1,8,15H2,2-6H3/b25-17+/t27-/m1/s1. The molecular weight excluding hydrogens is 516 g/mol. The van der Waals surface area contributed by atoms with Crippen molar-refractivity contribution in [2.75, 3.05) is 20.3 Å². The number of ether oxygens (including phenoxy) is 4. The van der Waals surface area contributed by atoms with Crippen molar-refractivity contribution in [2.45, 2.75) is 39.8 Å². The number of carbonyl (C=O) groups excluding carboxylic acids is 1. The maximum Gasteiger partial charge on any atom is 0.338 e. The summed E-state index contributed by atoms with van der Waals surface area (Å²) >= 11 is 1.25. The first kappa shape index (κ1) is 27.9. The van der Waals surface area contributed by atoms with E-state index in [1.54, 1.807) is 49.8 Å². The lowest BCUT2D eigenvalue weighted by molar-refractivity contribution is -0.139. The van der Waals surface area contributed by atoms with Crippen molar-refractivity contribution in [3.63, 3.8) is 0 Å². The quantitative estimate of drug-likeness (QED) is 0.279. The van der Waals surface area contributed by atoms with E-state index in [-0.39, 0.29) is 18.3 Å². The molecule has 0 N–H and O–H groups in total. The summed E-state index contributed by atoms with van der Waals surface area (Å²) in [6.45, 7) is 11.6. The van der Waals surface area contributed by atoms with Crippen molar-refractivity contribution in [3.05, 3.63) is 97.2 Å². The third-order valence-electron chi connectivity index (χ3n) is 5.94. The van der Waals surface area contributed by atoms with Gasteiger partial charge in [-0.1, -0.05) is 48.3 Å². The number of esters is 1. The first-order valence-corrected chi connectivity index (χ1v) is 13.5. The molecule has 0 aliphatic carbocycles. The van der Waals surface area contributed by atoms with E-state index in [1.807, 2.05) is 44.2 Å². The number of hydrogen-bond acceptors (Lipinski definition) is 8. The van der Waals surface area contributed by atoms with Gasteiger partial charge in [0.25, 0.3) is 5.56 Å². The third kappa shape index (κ3) is 5.83. The fraction of sp³-hybridized carbons (Fsp3) is 0.300. The van der Waals surface area contributed by atoms with Gasteiger partial charge in [-0.15, -0.1) is 0 Å². The normalized spacial score (nSPS) is 15.0. The second-order valence-corrected chi connectivity index (χ2v) is 10.0. The van der Waals surface area contributed by atoms with Crippen molar-refractivity contribution in [3.8, 4) is 17.2 Å². The van der Waals surface area contributed by atoms with Gasteiger partial charge in [-0.25, -0.2) is 9.79 Å². The summed E-state index contributed by atoms with van der Waals surface area (Å²) in [4.78, 5) is 32.3. The lowest BCUT2D eigenvalue weighted by atomic mass is 9.95. The molecule has 2 heterocycles. The smallest absolute Gasteiger partial charge is 0.338 e. The zero-order valence-electron chi connectivity index (χ0n) is 22.7. The van der Waals surface area contributed by atoms with Crippen molar-refractivity contribution in [1.29, 1.82) is 0 Å². The van der Waals surface area contributed by atoms with Crippen molar-refractivity contribution in [1.82, 2.24) is 4.57 Å². The Bertz CT molecular complexity index is 1600. The lowest BCUT2D eigenvalue weighted by Gasteiger charge is -2.26. The lowest BCUT2D eigenvalue weighted by Crippen LogP contribution is -2.40. The number of fused-ring (bicyclic) bond motifs is 1. The van der Waals surface area contributed by atoms with E-state index in [0.717, 1.165) is 5.56 Å². The van der Waals surface area contributed by atoms with E-state index in [0.29, 0.717) is 50.0 Å². The van der Waals surface area contributed by atoms with Crippen LogP contribution in [0.1, 0.15) is 44.9 Å². The van der Waals surface area contributed by atoms with Crippen LogP contribution in [0.25, 0.3) is 6.08 Å². The summed E-state index contributed by atoms with van der Waals surface area (Å²) in [5, 5.41) is 0. The Labute approximate surface area is 231 Å². The van der Waals surface area contributed by atoms with Gasteiger partial charge in [0.15, 0.2) is 16.3 Å². The van der Waals surface area contributed by atoms with Crippen LogP contribution in [0.5, 0.6) is 17.2 Å². The molecule has 0 amide bonds. The van der Waals surface area contributed by atoms with Gasteiger partial charge >= 0.3 is 5.97 Å². The van der Waals surface area contributed by atoms with Crippen LogP contribution in [0.2, 0.25) is 0 Å². The molecule has 0 fully saturated rings. The number of aromatic nitrogens is 1. The zero-order valence-corrected chi connectivity index (χ0v) is 23.5. The first-order valence-electron chi connectivity index (χ1n) is 12.7. The van der Waals surface area contributed by atoms with Crippen LogP contribution in [0.15, 0.2) is 76.2 Å². The van der Waals surface area contributed by atoms with Crippen LogP contribution >= 0.6 is 11.3 Å². The third-order valence-corrected chi connectivity index (χ3v) is 6.92. The van der Waals surface area contributed by atoms with Crippen LogP contribution in [0.3, 0.4) is 0 Å². The predicted molar refractivity (Wildman–Crippen MR) is 151 cm³/mol. The number of thiazole rings is 1. The second kappa shape index (κ2) is 12.2. The molecule has 3 aromatic rings. The van der Waals surface area contributed by atoms with Crippen molar-refractivity contribution in [2.24, 2.45) is 4.99 Å². The van der Waals surface area contributed by atoms with Gasteiger partial charge in [-0.2, -0.15) is 0 Å². The number of carbonyl (C=O) groups is 1. The Morgan fingerprint density at radius 2 is 1.95 bits per heavy atom. The topological polar surface area (TPSA) is 88.4 Å². The Kier molecular flexibility index (Phi) is 8.71. The number of nitrogens with zero attached hydrogens (tertiary/aromatic N) is 2. The van der Waals surface area contributed by atoms with Crippen LogP contribution < -0.4 is 29.1 Å². The van der Waals surface area contributed by atoms with Gasteiger partial charge in [0, 0.05) is 5.56 Å². The molecule has 1 aliphatic rings. The summed E-state index contributed by atoms with van der Waals surface area (Å²) in [7, 11) is 1.56. The molecule has 1 aliphatic heterocycles. The van der Waals surface area contributed by atoms with Gasteiger partial charge < -0.3 is 18.9 Å². The molecule has 8 nitrogen and oxygen atoms in total. The SMILES string of the molecule is C=CCOc1ccc(/C=c2/sc3n(c2=O)[C@H](c2ccccc2OC(C)C)C(C(=O)OCC)=C(C)N=3)cc1OC. The Balaban J connectivity index is 1.91. The molecule has 0 bridgehead atoms. The molecule has 1 aromatic heterocycles. The van der Waals surface area contributed by atoms with E-state index in [1.165, 1.54) is 11.3 Å². The molecule has 0 unspecified atom stereocenters. The van der Waals surface area contributed by atoms with Gasteiger partial charge in [-0.3, -0.25) is 9.36 Å². The van der Waals surface area contributed by atoms with Gasteiger partial charge in [0.1, 0.15) is 18.4 Å². The molecule has 2 aromatic carbocycles.